The number of hydrogen-bond donors (Lipinski definition) is 1. The van der Waals surface area contributed by atoms with Gasteiger partial charge in [-0.3, -0.25) is 9.69 Å². The number of anilines is 2. The maximum Gasteiger partial charge on any atom is 0.227 e. The lowest BCUT2D eigenvalue weighted by Gasteiger charge is -2.31. The third-order valence-electron chi connectivity index (χ3n) is 7.32. The molecule has 0 aliphatic carbocycles. The highest BCUT2D eigenvalue weighted by Crippen LogP contribution is 2.36. The molecule has 0 saturated carbocycles. The van der Waals surface area contributed by atoms with Crippen LogP contribution >= 0.6 is 0 Å². The normalized spacial score (nSPS) is 17.1. The highest BCUT2D eigenvalue weighted by molar-refractivity contribution is 5.90. The fourth-order valence-electron chi connectivity index (χ4n) is 5.33. The van der Waals surface area contributed by atoms with E-state index in [1.807, 2.05) is 24.3 Å². The van der Waals surface area contributed by atoms with Crippen LogP contribution in [-0.2, 0) is 16.1 Å². The van der Waals surface area contributed by atoms with Gasteiger partial charge < -0.3 is 19.5 Å². The van der Waals surface area contributed by atoms with Crippen LogP contribution in [0.15, 0.2) is 59.1 Å². The molecule has 2 saturated heterocycles. The highest BCUT2D eigenvalue weighted by atomic mass is 16.5. The Morgan fingerprint density at radius 1 is 0.974 bits per heavy atom. The number of likely N-dealkylation sites (tertiary alicyclic amines) is 1. The van der Waals surface area contributed by atoms with E-state index in [4.69, 9.17) is 19.2 Å². The molecule has 2 aliphatic rings. The second-order valence-electron chi connectivity index (χ2n) is 10.0. The number of hydrogen-bond acceptors (Lipinski definition) is 8. The summed E-state index contributed by atoms with van der Waals surface area (Å²) < 4.78 is 11.5. The molecule has 196 valence electrons. The van der Waals surface area contributed by atoms with Crippen LogP contribution in [0.5, 0.6) is 0 Å². The van der Waals surface area contributed by atoms with E-state index in [0.717, 1.165) is 73.8 Å². The third kappa shape index (κ3) is 5.25. The van der Waals surface area contributed by atoms with Gasteiger partial charge in [0.2, 0.25) is 11.5 Å². The second-order valence-corrected chi connectivity index (χ2v) is 10.0. The zero-order chi connectivity index (χ0) is 25.9. The van der Waals surface area contributed by atoms with Crippen molar-refractivity contribution < 1.29 is 14.1 Å². The molecule has 2 aromatic carbocycles. The van der Waals surface area contributed by atoms with E-state index in [1.165, 1.54) is 12.5 Å². The molecule has 2 fully saturated rings. The molecule has 9 nitrogen and oxygen atoms in total. The number of aromatic nitrogens is 3. The lowest BCUT2D eigenvalue weighted by molar-refractivity contribution is -0.114. The van der Waals surface area contributed by atoms with E-state index in [1.54, 1.807) is 0 Å². The van der Waals surface area contributed by atoms with Crippen LogP contribution in [0.4, 0.5) is 11.5 Å². The van der Waals surface area contributed by atoms with Crippen LogP contribution in [0.3, 0.4) is 0 Å². The fourth-order valence-corrected chi connectivity index (χ4v) is 5.33. The molecule has 1 N–H and O–H groups in total. The van der Waals surface area contributed by atoms with Crippen molar-refractivity contribution in [2.24, 2.45) is 0 Å². The summed E-state index contributed by atoms with van der Waals surface area (Å²) >= 11 is 0. The van der Waals surface area contributed by atoms with Gasteiger partial charge in [0.15, 0.2) is 11.6 Å². The van der Waals surface area contributed by atoms with E-state index in [0.29, 0.717) is 24.6 Å². The maximum atomic E-state index is 11.4. The molecule has 0 radical (unpaired) electrons. The van der Waals surface area contributed by atoms with Gasteiger partial charge in [-0.2, -0.15) is 0 Å². The summed E-state index contributed by atoms with van der Waals surface area (Å²) in [5.74, 6) is 1.57. The van der Waals surface area contributed by atoms with Crippen LogP contribution in [-0.4, -0.2) is 65.3 Å². The largest absolute Gasteiger partial charge is 0.378 e. The Morgan fingerprint density at radius 2 is 1.71 bits per heavy atom. The number of carbonyl (C=O) groups excluding carboxylic acids is 1. The fraction of sp³-hybridized carbons (Fsp3) is 0.379. The number of amides is 1. The summed E-state index contributed by atoms with van der Waals surface area (Å²) in [6.07, 6.45) is 2.01. The average Bonchev–Trinajstić information content (AvgIpc) is 3.38. The van der Waals surface area contributed by atoms with Gasteiger partial charge in [-0.25, -0.2) is 9.97 Å². The molecule has 0 atom stereocenters. The number of carbonyl (C=O) groups is 1. The Morgan fingerprint density at radius 3 is 2.42 bits per heavy atom. The first-order chi connectivity index (χ1) is 18.6. The van der Waals surface area contributed by atoms with Gasteiger partial charge in [0.25, 0.3) is 0 Å². The molecule has 2 aliphatic heterocycles. The molecule has 6 rings (SSSR count). The molecule has 9 heteroatoms. The van der Waals surface area contributed by atoms with Crippen LogP contribution < -0.4 is 10.2 Å². The molecule has 38 heavy (non-hydrogen) atoms. The van der Waals surface area contributed by atoms with Gasteiger partial charge >= 0.3 is 0 Å². The number of morpholine rings is 1. The van der Waals surface area contributed by atoms with Crippen molar-refractivity contribution >= 4 is 28.5 Å². The molecule has 4 aromatic rings. The molecule has 2 aromatic heterocycles. The second kappa shape index (κ2) is 10.9. The summed E-state index contributed by atoms with van der Waals surface area (Å²) in [4.78, 5) is 26.1. The number of benzene rings is 2. The quantitative estimate of drug-likeness (QED) is 0.405. The van der Waals surface area contributed by atoms with Crippen molar-refractivity contribution in [3.63, 3.8) is 0 Å². The first-order valence-electron chi connectivity index (χ1n) is 13.3. The number of nitrogens with one attached hydrogen (secondary N) is 1. The lowest BCUT2D eigenvalue weighted by Crippen LogP contribution is -2.37. The average molecular weight is 513 g/mol. The summed E-state index contributed by atoms with van der Waals surface area (Å²) in [7, 11) is 0. The van der Waals surface area contributed by atoms with Gasteiger partial charge in [-0.05, 0) is 55.8 Å². The minimum absolute atomic E-state index is 0.103. The van der Waals surface area contributed by atoms with Crippen molar-refractivity contribution in [1.29, 1.82) is 0 Å². The zero-order valence-electron chi connectivity index (χ0n) is 21.6. The van der Waals surface area contributed by atoms with Crippen molar-refractivity contribution in [3.8, 4) is 11.4 Å². The summed E-state index contributed by atoms with van der Waals surface area (Å²) in [5.41, 5.74) is 5.32. The molecular formula is C29H32N6O3. The first-order valence-corrected chi connectivity index (χ1v) is 13.3. The van der Waals surface area contributed by atoms with Gasteiger partial charge in [0.1, 0.15) is 11.2 Å². The third-order valence-corrected chi connectivity index (χ3v) is 7.32. The van der Waals surface area contributed by atoms with Crippen molar-refractivity contribution in [2.75, 3.05) is 49.6 Å². The number of ether oxygens (including phenoxy) is 1. The molecule has 4 heterocycles. The Kier molecular flexibility index (Phi) is 7.02. The van der Waals surface area contributed by atoms with Crippen LogP contribution in [0.2, 0.25) is 0 Å². The Labute approximate surface area is 221 Å². The summed E-state index contributed by atoms with van der Waals surface area (Å²) in [6.45, 7) is 7.25. The van der Waals surface area contributed by atoms with Crippen molar-refractivity contribution in [2.45, 2.75) is 32.2 Å². The monoisotopic (exact) mass is 512 g/mol. The van der Waals surface area contributed by atoms with Crippen molar-refractivity contribution in [1.82, 2.24) is 20.0 Å². The predicted octanol–water partition coefficient (Wildman–Crippen LogP) is 4.46. The SMILES string of the molecule is CC(=O)Nc1ccc(-c2nc(N3CCOCC3)c3onc(C4CCN(Cc5ccccc5)CC4)c3n2)cc1. The van der Waals surface area contributed by atoms with E-state index < -0.39 is 0 Å². The number of nitrogens with zero attached hydrogens (tertiary/aromatic N) is 5. The number of fused-ring (bicyclic) bond motifs is 1. The Balaban J connectivity index is 1.30. The number of piperidine rings is 1. The van der Waals surface area contributed by atoms with E-state index in [2.05, 4.69) is 50.6 Å². The van der Waals surface area contributed by atoms with E-state index in [-0.39, 0.29) is 11.8 Å². The van der Waals surface area contributed by atoms with Gasteiger partial charge in [0, 0.05) is 43.7 Å². The molecule has 1 amide bonds. The van der Waals surface area contributed by atoms with Crippen LogP contribution in [0.1, 0.15) is 36.9 Å². The molecule has 0 bridgehead atoms. The maximum absolute atomic E-state index is 11.4. The van der Waals surface area contributed by atoms with Crippen molar-refractivity contribution in [3.05, 3.63) is 65.9 Å². The van der Waals surface area contributed by atoms with Gasteiger partial charge in [-0.1, -0.05) is 35.5 Å². The predicted molar refractivity (Wildman–Crippen MR) is 146 cm³/mol. The minimum atomic E-state index is -0.103. The summed E-state index contributed by atoms with van der Waals surface area (Å²) in [5, 5.41) is 7.38. The minimum Gasteiger partial charge on any atom is -0.378 e. The Hall–Kier alpha value is -3.82. The smallest absolute Gasteiger partial charge is 0.227 e. The first kappa shape index (κ1) is 24.5. The number of rotatable bonds is 6. The molecule has 0 spiro atoms. The topological polar surface area (TPSA) is 96.6 Å². The summed E-state index contributed by atoms with van der Waals surface area (Å²) in [6, 6.07) is 18.2. The van der Waals surface area contributed by atoms with Crippen LogP contribution in [0, 0.1) is 0 Å². The van der Waals surface area contributed by atoms with E-state index >= 15 is 0 Å². The lowest BCUT2D eigenvalue weighted by atomic mass is 9.92. The molecule has 0 unspecified atom stereocenters. The van der Waals surface area contributed by atoms with Crippen LogP contribution in [0.25, 0.3) is 22.5 Å². The molecular weight excluding hydrogens is 480 g/mol. The van der Waals surface area contributed by atoms with Gasteiger partial charge in [-0.15, -0.1) is 0 Å². The zero-order valence-corrected chi connectivity index (χ0v) is 21.6. The standard InChI is InChI=1S/C29H32N6O3/c1-20(36)30-24-9-7-23(8-10-24)28-31-26-25(33-38-27(26)29(32-28)35-15-17-37-18-16-35)22-11-13-34(14-12-22)19-21-5-3-2-4-6-21/h2-10,22H,11-19H2,1H3,(H,30,36). The van der Waals surface area contributed by atoms with E-state index in [9.17, 15) is 4.79 Å². The van der Waals surface area contributed by atoms with Gasteiger partial charge in [0.05, 0.1) is 13.2 Å². The highest BCUT2D eigenvalue weighted by Gasteiger charge is 2.29. The Bertz CT molecular complexity index is 1390.